The molecule has 2 amide bonds. The van der Waals surface area contributed by atoms with E-state index in [-0.39, 0.29) is 6.42 Å². The highest BCUT2D eigenvalue weighted by Crippen LogP contribution is 2.03. The Hall–Kier alpha value is -2.98. The fourth-order valence-corrected chi connectivity index (χ4v) is 2.44. The lowest BCUT2D eigenvalue weighted by atomic mass is 10.2. The number of hydrazine groups is 2. The average molecular weight is 403 g/mol. The first-order valence-electron chi connectivity index (χ1n) is 7.83. The standard InChI is InChI=1S/C17H18N6O2S2/c1-22(16(26)12-3-7-18-8-4-12)20-14(24)11-15(25)21-23(2)17(27)13-5-9-19-10-6-13/h3-10H,11H2,1-2H3,(H,20,24)(H,21,25). The van der Waals surface area contributed by atoms with Crippen LogP contribution in [-0.4, -0.2) is 55.9 Å². The number of carbonyl (C=O) groups is 2. The summed E-state index contributed by atoms with van der Waals surface area (Å²) in [6.45, 7) is 0. The molecule has 27 heavy (non-hydrogen) atoms. The predicted octanol–water partition coefficient (Wildman–Crippen LogP) is 0.844. The summed E-state index contributed by atoms with van der Waals surface area (Å²) in [5, 5.41) is 2.76. The summed E-state index contributed by atoms with van der Waals surface area (Å²) < 4.78 is 0. The lowest BCUT2D eigenvalue weighted by molar-refractivity contribution is -0.132. The first-order valence-corrected chi connectivity index (χ1v) is 8.65. The van der Waals surface area contributed by atoms with E-state index >= 15 is 0 Å². The van der Waals surface area contributed by atoms with E-state index in [2.05, 4.69) is 20.8 Å². The van der Waals surface area contributed by atoms with Crippen LogP contribution >= 0.6 is 24.4 Å². The fourth-order valence-electron chi connectivity index (χ4n) is 2.08. The largest absolute Gasteiger partial charge is 0.277 e. The Morgan fingerprint density at radius 3 is 1.48 bits per heavy atom. The number of nitrogens with zero attached hydrogens (tertiary/aromatic N) is 4. The third-order valence-electron chi connectivity index (χ3n) is 3.37. The van der Waals surface area contributed by atoms with Crippen molar-refractivity contribution in [3.8, 4) is 0 Å². The summed E-state index contributed by atoms with van der Waals surface area (Å²) in [6, 6.07) is 6.92. The molecule has 0 spiro atoms. The molecule has 2 aromatic heterocycles. The monoisotopic (exact) mass is 402 g/mol. The van der Waals surface area contributed by atoms with Gasteiger partial charge < -0.3 is 0 Å². The molecule has 10 heteroatoms. The van der Waals surface area contributed by atoms with E-state index in [0.717, 1.165) is 11.1 Å². The molecule has 2 rings (SSSR count). The fraction of sp³-hybridized carbons (Fsp3) is 0.176. The molecule has 2 N–H and O–H groups in total. The van der Waals surface area contributed by atoms with Gasteiger partial charge in [0.15, 0.2) is 0 Å². The lowest BCUT2D eigenvalue weighted by Gasteiger charge is -2.22. The van der Waals surface area contributed by atoms with Crippen molar-refractivity contribution >= 4 is 46.2 Å². The minimum Gasteiger partial charge on any atom is -0.277 e. The quantitative estimate of drug-likeness (QED) is 0.442. The van der Waals surface area contributed by atoms with Crippen molar-refractivity contribution in [3.05, 3.63) is 60.2 Å². The third kappa shape index (κ3) is 6.04. The third-order valence-corrected chi connectivity index (χ3v) is 4.39. The number of thiocarbonyl (C=S) groups is 2. The normalized spacial score (nSPS) is 9.85. The maximum Gasteiger partial charge on any atom is 0.248 e. The summed E-state index contributed by atoms with van der Waals surface area (Å²) in [6.07, 6.45) is 6.03. The predicted molar refractivity (Wildman–Crippen MR) is 108 cm³/mol. The molecule has 0 saturated carbocycles. The van der Waals surface area contributed by atoms with E-state index in [1.54, 1.807) is 63.1 Å². The van der Waals surface area contributed by atoms with Gasteiger partial charge in [0.05, 0.1) is 0 Å². The molecule has 0 bridgehead atoms. The Balaban J connectivity index is 1.83. The zero-order valence-electron chi connectivity index (χ0n) is 14.7. The summed E-state index contributed by atoms with van der Waals surface area (Å²) >= 11 is 10.6. The maximum atomic E-state index is 12.1. The van der Waals surface area contributed by atoms with Crippen molar-refractivity contribution in [3.63, 3.8) is 0 Å². The maximum absolute atomic E-state index is 12.1. The zero-order chi connectivity index (χ0) is 19.8. The van der Waals surface area contributed by atoms with Crippen LogP contribution in [0.3, 0.4) is 0 Å². The highest BCUT2D eigenvalue weighted by atomic mass is 32.1. The van der Waals surface area contributed by atoms with Crippen molar-refractivity contribution in [1.82, 2.24) is 30.8 Å². The Morgan fingerprint density at radius 1 is 0.815 bits per heavy atom. The number of carbonyl (C=O) groups excluding carboxylic acids is 2. The second-order valence-electron chi connectivity index (χ2n) is 5.45. The second kappa shape index (κ2) is 9.64. The Bertz CT molecular complexity index is 762. The highest BCUT2D eigenvalue weighted by molar-refractivity contribution is 7.80. The summed E-state index contributed by atoms with van der Waals surface area (Å²) in [5.41, 5.74) is 6.57. The molecule has 0 aliphatic heterocycles. The van der Waals surface area contributed by atoms with Gasteiger partial charge in [-0.1, -0.05) is 24.4 Å². The van der Waals surface area contributed by atoms with Crippen molar-refractivity contribution in [2.24, 2.45) is 0 Å². The first-order chi connectivity index (χ1) is 12.9. The van der Waals surface area contributed by atoms with Gasteiger partial charge in [-0.05, 0) is 24.3 Å². The lowest BCUT2D eigenvalue weighted by Crippen LogP contribution is -2.47. The van der Waals surface area contributed by atoms with Crippen molar-refractivity contribution < 1.29 is 9.59 Å². The van der Waals surface area contributed by atoms with Crippen molar-refractivity contribution in [1.29, 1.82) is 0 Å². The van der Waals surface area contributed by atoms with Crippen LogP contribution in [0, 0.1) is 0 Å². The highest BCUT2D eigenvalue weighted by Gasteiger charge is 2.16. The minimum atomic E-state index is -0.505. The number of hydrogen-bond donors (Lipinski definition) is 2. The van der Waals surface area contributed by atoms with E-state index < -0.39 is 11.8 Å². The Labute approximate surface area is 167 Å². The number of rotatable bonds is 4. The number of amides is 2. The zero-order valence-corrected chi connectivity index (χ0v) is 16.4. The molecular weight excluding hydrogens is 384 g/mol. The molecule has 8 nitrogen and oxygen atoms in total. The van der Waals surface area contributed by atoms with Crippen LogP contribution in [0.4, 0.5) is 0 Å². The van der Waals surface area contributed by atoms with Crippen LogP contribution in [-0.2, 0) is 9.59 Å². The Kier molecular flexibility index (Phi) is 7.26. The second-order valence-corrected chi connectivity index (χ2v) is 6.22. The molecule has 0 unspecified atom stereocenters. The SMILES string of the molecule is CN(NC(=O)CC(=O)NN(C)C(=S)c1ccncc1)C(=S)c1ccncc1. The van der Waals surface area contributed by atoms with E-state index in [0.29, 0.717) is 9.98 Å². The molecule has 0 saturated heterocycles. The molecule has 140 valence electrons. The molecule has 0 aliphatic rings. The van der Waals surface area contributed by atoms with E-state index in [1.807, 2.05) is 0 Å². The van der Waals surface area contributed by atoms with Crippen molar-refractivity contribution in [2.45, 2.75) is 6.42 Å². The van der Waals surface area contributed by atoms with Gasteiger partial charge >= 0.3 is 0 Å². The molecule has 2 aromatic rings. The molecule has 0 aromatic carbocycles. The number of pyridine rings is 2. The van der Waals surface area contributed by atoms with Gasteiger partial charge in [-0.2, -0.15) is 0 Å². The summed E-state index contributed by atoms with van der Waals surface area (Å²) in [4.78, 5) is 32.8. The molecular formula is C17H18N6O2S2. The van der Waals surface area contributed by atoms with E-state index in [1.165, 1.54) is 10.0 Å². The first kappa shape index (κ1) is 20.3. The smallest absolute Gasteiger partial charge is 0.248 e. The minimum absolute atomic E-state index is 0.382. The van der Waals surface area contributed by atoms with Crippen LogP contribution in [0.1, 0.15) is 17.5 Å². The number of nitrogens with one attached hydrogen (secondary N) is 2. The van der Waals surface area contributed by atoms with Crippen LogP contribution in [0.25, 0.3) is 0 Å². The topological polar surface area (TPSA) is 90.5 Å². The van der Waals surface area contributed by atoms with Crippen LogP contribution in [0.2, 0.25) is 0 Å². The summed E-state index contributed by atoms with van der Waals surface area (Å²) in [5.74, 6) is -1.01. The molecule has 0 fully saturated rings. The van der Waals surface area contributed by atoms with Gasteiger partial charge in [-0.25, -0.2) is 0 Å². The molecule has 0 aliphatic carbocycles. The summed E-state index contributed by atoms with van der Waals surface area (Å²) in [7, 11) is 3.20. The van der Waals surface area contributed by atoms with Crippen LogP contribution < -0.4 is 10.9 Å². The van der Waals surface area contributed by atoms with Crippen molar-refractivity contribution in [2.75, 3.05) is 14.1 Å². The van der Waals surface area contributed by atoms with E-state index in [9.17, 15) is 9.59 Å². The van der Waals surface area contributed by atoms with Gasteiger partial charge in [0.25, 0.3) is 0 Å². The van der Waals surface area contributed by atoms with Gasteiger partial charge in [-0.3, -0.25) is 40.4 Å². The number of aromatic nitrogens is 2. The van der Waals surface area contributed by atoms with Gasteiger partial charge in [0, 0.05) is 50.0 Å². The number of hydrogen-bond acceptors (Lipinski definition) is 6. The average Bonchev–Trinajstić information content (AvgIpc) is 2.67. The van der Waals surface area contributed by atoms with Gasteiger partial charge in [-0.15, -0.1) is 0 Å². The molecule has 2 heterocycles. The van der Waals surface area contributed by atoms with Crippen LogP contribution in [0.5, 0.6) is 0 Å². The Morgan fingerprint density at radius 2 is 1.15 bits per heavy atom. The van der Waals surface area contributed by atoms with Gasteiger partial charge in [0.1, 0.15) is 16.4 Å². The van der Waals surface area contributed by atoms with E-state index in [4.69, 9.17) is 24.4 Å². The molecule has 0 atom stereocenters. The molecule has 0 radical (unpaired) electrons. The van der Waals surface area contributed by atoms with Crippen LogP contribution in [0.15, 0.2) is 49.1 Å². The van der Waals surface area contributed by atoms with Gasteiger partial charge in [0.2, 0.25) is 11.8 Å².